The molecule has 2 fully saturated rings. The lowest BCUT2D eigenvalue weighted by molar-refractivity contribution is -0.128. The molecule has 1 N–H and O–H groups in total. The Morgan fingerprint density at radius 1 is 1.25 bits per heavy atom. The molecule has 3 nitrogen and oxygen atoms in total. The van der Waals surface area contributed by atoms with E-state index in [1.165, 1.54) is 44.2 Å². The average molecular weight is 276 g/mol. The van der Waals surface area contributed by atoms with Gasteiger partial charge in [-0.15, -0.1) is 0 Å². The number of halogens is 1. The molecule has 4 heteroatoms. The standard InChI is InChI=1S/C16H21FN2O/c17-14-8-4-7-13(9-14)16-18-10-15(20)19(16)11-12-5-2-1-3-6-12/h4,7-9,12,16,18H,1-3,5-6,10-11H2. The van der Waals surface area contributed by atoms with Gasteiger partial charge in [0.2, 0.25) is 5.91 Å². The van der Waals surface area contributed by atoms with E-state index in [2.05, 4.69) is 5.32 Å². The third kappa shape index (κ3) is 2.85. The van der Waals surface area contributed by atoms with Gasteiger partial charge in [0.25, 0.3) is 0 Å². The van der Waals surface area contributed by atoms with E-state index in [1.54, 1.807) is 6.07 Å². The minimum atomic E-state index is -0.249. The van der Waals surface area contributed by atoms with Crippen LogP contribution in [0.5, 0.6) is 0 Å². The van der Waals surface area contributed by atoms with Gasteiger partial charge in [0, 0.05) is 6.54 Å². The molecule has 0 aromatic heterocycles. The van der Waals surface area contributed by atoms with Crippen LogP contribution in [-0.4, -0.2) is 23.9 Å². The summed E-state index contributed by atoms with van der Waals surface area (Å²) in [4.78, 5) is 14.0. The molecular formula is C16H21FN2O. The van der Waals surface area contributed by atoms with Crippen molar-refractivity contribution >= 4 is 5.91 Å². The first-order valence-electron chi connectivity index (χ1n) is 7.52. The normalized spacial score (nSPS) is 24.4. The average Bonchev–Trinajstić information content (AvgIpc) is 2.82. The monoisotopic (exact) mass is 276 g/mol. The first-order valence-corrected chi connectivity index (χ1v) is 7.52. The molecule has 1 aromatic carbocycles. The van der Waals surface area contributed by atoms with Crippen molar-refractivity contribution in [3.05, 3.63) is 35.6 Å². The van der Waals surface area contributed by atoms with Crippen molar-refractivity contribution in [2.75, 3.05) is 13.1 Å². The van der Waals surface area contributed by atoms with Crippen LogP contribution >= 0.6 is 0 Å². The van der Waals surface area contributed by atoms with Crippen molar-refractivity contribution in [2.24, 2.45) is 5.92 Å². The Hall–Kier alpha value is -1.42. The SMILES string of the molecule is O=C1CNC(c2cccc(F)c2)N1CC1CCCCC1. The number of rotatable bonds is 3. The van der Waals surface area contributed by atoms with Gasteiger partial charge in [-0.25, -0.2) is 4.39 Å². The molecule has 108 valence electrons. The van der Waals surface area contributed by atoms with Crippen LogP contribution in [0.25, 0.3) is 0 Å². The summed E-state index contributed by atoms with van der Waals surface area (Å²) in [5, 5.41) is 3.20. The third-order valence-corrected chi connectivity index (χ3v) is 4.42. The number of hydrogen-bond donors (Lipinski definition) is 1. The maximum absolute atomic E-state index is 13.4. The van der Waals surface area contributed by atoms with Crippen LogP contribution in [0.15, 0.2) is 24.3 Å². The molecule has 0 radical (unpaired) electrons. The van der Waals surface area contributed by atoms with Gasteiger partial charge in [0.05, 0.1) is 6.54 Å². The third-order valence-electron chi connectivity index (χ3n) is 4.42. The second kappa shape index (κ2) is 5.92. The minimum absolute atomic E-state index is 0.129. The summed E-state index contributed by atoms with van der Waals surface area (Å²) < 4.78 is 13.4. The van der Waals surface area contributed by atoms with Gasteiger partial charge >= 0.3 is 0 Å². The zero-order chi connectivity index (χ0) is 13.9. The van der Waals surface area contributed by atoms with Gasteiger partial charge < -0.3 is 4.90 Å². The molecular weight excluding hydrogens is 255 g/mol. The molecule has 1 saturated carbocycles. The second-order valence-corrected chi connectivity index (χ2v) is 5.89. The topological polar surface area (TPSA) is 32.3 Å². The minimum Gasteiger partial charge on any atom is -0.322 e. The van der Waals surface area contributed by atoms with E-state index < -0.39 is 0 Å². The summed E-state index contributed by atoms with van der Waals surface area (Å²) >= 11 is 0. The predicted molar refractivity (Wildman–Crippen MR) is 75.4 cm³/mol. The van der Waals surface area contributed by atoms with Gasteiger partial charge in [0.15, 0.2) is 0 Å². The second-order valence-electron chi connectivity index (χ2n) is 5.89. The van der Waals surface area contributed by atoms with Crippen LogP contribution < -0.4 is 5.32 Å². The highest BCUT2D eigenvalue weighted by Gasteiger charge is 2.33. The summed E-state index contributed by atoms with van der Waals surface area (Å²) in [7, 11) is 0. The fraction of sp³-hybridized carbons (Fsp3) is 0.562. The lowest BCUT2D eigenvalue weighted by Crippen LogP contribution is -2.35. The number of carbonyl (C=O) groups excluding carboxylic acids is 1. The number of hydrogen-bond acceptors (Lipinski definition) is 2. The number of benzene rings is 1. The fourth-order valence-corrected chi connectivity index (χ4v) is 3.37. The Kier molecular flexibility index (Phi) is 4.01. The summed E-state index contributed by atoms with van der Waals surface area (Å²) in [5.74, 6) is 0.481. The summed E-state index contributed by atoms with van der Waals surface area (Å²) in [5.41, 5.74) is 0.839. The van der Waals surface area contributed by atoms with Gasteiger partial charge in [0.1, 0.15) is 12.0 Å². The molecule has 1 aromatic rings. The maximum atomic E-state index is 13.4. The van der Waals surface area contributed by atoms with Gasteiger partial charge in [-0.05, 0) is 36.5 Å². The van der Waals surface area contributed by atoms with Crippen LogP contribution in [0.2, 0.25) is 0 Å². The Labute approximate surface area is 119 Å². The number of carbonyl (C=O) groups is 1. The van der Waals surface area contributed by atoms with Crippen LogP contribution in [-0.2, 0) is 4.79 Å². The first-order chi connectivity index (χ1) is 9.74. The van der Waals surface area contributed by atoms with E-state index in [0.717, 1.165) is 12.1 Å². The number of nitrogens with one attached hydrogen (secondary N) is 1. The first kappa shape index (κ1) is 13.6. The lowest BCUT2D eigenvalue weighted by atomic mass is 9.89. The molecule has 1 unspecified atom stereocenters. The van der Waals surface area contributed by atoms with Gasteiger partial charge in [-0.3, -0.25) is 10.1 Å². The van der Waals surface area contributed by atoms with E-state index in [9.17, 15) is 9.18 Å². The van der Waals surface area contributed by atoms with Crippen molar-refractivity contribution < 1.29 is 9.18 Å². The molecule has 2 aliphatic rings. The van der Waals surface area contributed by atoms with Crippen LogP contribution in [0.3, 0.4) is 0 Å². The largest absolute Gasteiger partial charge is 0.322 e. The molecule has 3 rings (SSSR count). The summed E-state index contributed by atoms with van der Waals surface area (Å²) in [6.07, 6.45) is 6.10. The number of amides is 1. The van der Waals surface area contributed by atoms with Crippen LogP contribution in [0, 0.1) is 11.7 Å². The Bertz CT molecular complexity index is 485. The lowest BCUT2D eigenvalue weighted by Gasteiger charge is -2.30. The molecule has 0 spiro atoms. The van der Waals surface area contributed by atoms with E-state index in [0.29, 0.717) is 12.5 Å². The zero-order valence-electron chi connectivity index (χ0n) is 11.6. The van der Waals surface area contributed by atoms with E-state index >= 15 is 0 Å². The Balaban J connectivity index is 1.74. The quantitative estimate of drug-likeness (QED) is 0.920. The van der Waals surface area contributed by atoms with E-state index in [4.69, 9.17) is 0 Å². The summed E-state index contributed by atoms with van der Waals surface area (Å²) in [6.45, 7) is 1.15. The molecule has 1 saturated heterocycles. The van der Waals surface area contributed by atoms with Crippen molar-refractivity contribution in [2.45, 2.75) is 38.3 Å². The van der Waals surface area contributed by atoms with E-state index in [-0.39, 0.29) is 17.9 Å². The Morgan fingerprint density at radius 2 is 2.05 bits per heavy atom. The molecule has 1 aliphatic carbocycles. The molecule has 20 heavy (non-hydrogen) atoms. The van der Waals surface area contributed by atoms with Crippen molar-refractivity contribution in [1.82, 2.24) is 10.2 Å². The van der Waals surface area contributed by atoms with Crippen LogP contribution in [0.1, 0.15) is 43.8 Å². The zero-order valence-corrected chi connectivity index (χ0v) is 11.6. The molecule has 1 amide bonds. The van der Waals surface area contributed by atoms with E-state index in [1.807, 2.05) is 11.0 Å². The van der Waals surface area contributed by atoms with Crippen molar-refractivity contribution in [3.8, 4) is 0 Å². The molecule has 1 aliphatic heterocycles. The highest BCUT2D eigenvalue weighted by Crippen LogP contribution is 2.29. The van der Waals surface area contributed by atoms with Crippen molar-refractivity contribution in [1.29, 1.82) is 0 Å². The van der Waals surface area contributed by atoms with Crippen molar-refractivity contribution in [3.63, 3.8) is 0 Å². The highest BCUT2D eigenvalue weighted by atomic mass is 19.1. The molecule has 0 bridgehead atoms. The fourth-order valence-electron chi connectivity index (χ4n) is 3.37. The maximum Gasteiger partial charge on any atom is 0.238 e. The van der Waals surface area contributed by atoms with Crippen LogP contribution in [0.4, 0.5) is 4.39 Å². The molecule has 1 atom stereocenters. The Morgan fingerprint density at radius 3 is 2.80 bits per heavy atom. The predicted octanol–water partition coefficient (Wildman–Crippen LogP) is 2.84. The van der Waals surface area contributed by atoms with Gasteiger partial charge in [-0.2, -0.15) is 0 Å². The number of nitrogens with zero attached hydrogens (tertiary/aromatic N) is 1. The summed E-state index contributed by atoms with van der Waals surface area (Å²) in [6, 6.07) is 6.54. The highest BCUT2D eigenvalue weighted by molar-refractivity contribution is 5.81. The smallest absolute Gasteiger partial charge is 0.238 e. The van der Waals surface area contributed by atoms with Gasteiger partial charge in [-0.1, -0.05) is 31.4 Å². The molecule has 1 heterocycles.